The molecule has 0 spiro atoms. The number of benzene rings is 8. The zero-order chi connectivity index (χ0) is 30.2. The minimum Gasteiger partial charge on any atom is -0.0888 e. The normalized spacial score (nSPS) is 15.8. The predicted octanol–water partition coefficient (Wildman–Crippen LogP) is 12.2. The first kappa shape index (κ1) is 25.9. The molecule has 0 saturated heterocycles. The van der Waals surface area contributed by atoms with Crippen molar-refractivity contribution in [3.63, 3.8) is 0 Å². The smallest absolute Gasteiger partial charge is 0.0725 e. The molecule has 1 aliphatic heterocycles. The van der Waals surface area contributed by atoms with Crippen molar-refractivity contribution in [3.8, 4) is 33.4 Å². The molecule has 1 heterocycles. The Kier molecular flexibility index (Phi) is 5.53. The molecule has 1 heteroatoms. The van der Waals surface area contributed by atoms with E-state index in [0.29, 0.717) is 0 Å². The van der Waals surface area contributed by atoms with Crippen LogP contribution in [0.3, 0.4) is 0 Å². The van der Waals surface area contributed by atoms with Crippen LogP contribution in [0.1, 0.15) is 22.3 Å². The summed E-state index contributed by atoms with van der Waals surface area (Å²) >= 11 is 1.90. The first-order chi connectivity index (χ1) is 22.8. The van der Waals surface area contributed by atoms with Gasteiger partial charge in [-0.25, -0.2) is 0 Å². The highest BCUT2D eigenvalue weighted by Gasteiger charge is 2.48. The van der Waals surface area contributed by atoms with Crippen molar-refractivity contribution < 1.29 is 0 Å². The quantitative estimate of drug-likeness (QED) is 0.194. The van der Waals surface area contributed by atoms with Gasteiger partial charge in [0.05, 0.1) is 5.41 Å². The van der Waals surface area contributed by atoms with E-state index in [1.165, 1.54) is 87.0 Å². The molecule has 2 aliphatic rings. The van der Waals surface area contributed by atoms with Gasteiger partial charge in [0.25, 0.3) is 0 Å². The summed E-state index contributed by atoms with van der Waals surface area (Å²) in [7, 11) is 0. The molecule has 10 rings (SSSR count). The third kappa shape index (κ3) is 3.47. The number of hydrogen-bond donors (Lipinski definition) is 0. The van der Waals surface area contributed by atoms with E-state index in [4.69, 9.17) is 0 Å². The van der Waals surface area contributed by atoms with Gasteiger partial charge in [-0.2, -0.15) is 0 Å². The van der Waals surface area contributed by atoms with Crippen LogP contribution >= 0.6 is 11.8 Å². The Hall–Kier alpha value is -5.37. The molecule has 1 unspecified atom stereocenters. The molecule has 214 valence electrons. The SMILES string of the molecule is c1ccc(C2(c3ccccc3-c3ccc4c(c3)Sc3cccc5cccc-4c35)c3ccccc3-c3ccc4ccccc4c32)cc1. The molecule has 1 atom stereocenters. The topological polar surface area (TPSA) is 0 Å². The summed E-state index contributed by atoms with van der Waals surface area (Å²) in [5.74, 6) is 0. The van der Waals surface area contributed by atoms with Crippen molar-refractivity contribution >= 4 is 33.3 Å². The maximum atomic E-state index is 2.43. The van der Waals surface area contributed by atoms with Gasteiger partial charge in [-0.1, -0.05) is 169 Å². The minimum atomic E-state index is -0.494. The van der Waals surface area contributed by atoms with E-state index in [0.717, 1.165) is 0 Å². The van der Waals surface area contributed by atoms with E-state index in [1.54, 1.807) is 0 Å². The summed E-state index contributed by atoms with van der Waals surface area (Å²) in [5, 5.41) is 5.24. The Balaban J connectivity index is 1.29. The molecule has 0 amide bonds. The molecular weight excluding hydrogens is 573 g/mol. The fourth-order valence-corrected chi connectivity index (χ4v) is 9.48. The number of fused-ring (bicyclic) bond motifs is 7. The molecule has 1 aliphatic carbocycles. The minimum absolute atomic E-state index is 0.494. The average Bonchev–Trinajstić information content (AvgIpc) is 3.43. The third-order valence-corrected chi connectivity index (χ3v) is 11.3. The van der Waals surface area contributed by atoms with Crippen LogP contribution in [0.4, 0.5) is 0 Å². The van der Waals surface area contributed by atoms with E-state index < -0.39 is 5.41 Å². The van der Waals surface area contributed by atoms with Crippen molar-refractivity contribution in [3.05, 3.63) is 192 Å². The summed E-state index contributed by atoms with van der Waals surface area (Å²) in [6, 6.07) is 63.4. The first-order valence-corrected chi connectivity index (χ1v) is 16.8. The fraction of sp³-hybridized carbons (Fsp3) is 0.0222. The summed E-state index contributed by atoms with van der Waals surface area (Å²) in [6.07, 6.45) is 0. The lowest BCUT2D eigenvalue weighted by Gasteiger charge is -2.36. The summed E-state index contributed by atoms with van der Waals surface area (Å²) < 4.78 is 0. The Labute approximate surface area is 273 Å². The maximum Gasteiger partial charge on any atom is 0.0725 e. The van der Waals surface area contributed by atoms with Crippen LogP contribution in [0.5, 0.6) is 0 Å². The van der Waals surface area contributed by atoms with Gasteiger partial charge >= 0.3 is 0 Å². The molecular formula is C45H28S. The van der Waals surface area contributed by atoms with Gasteiger partial charge in [0.15, 0.2) is 0 Å². The molecule has 0 radical (unpaired) electrons. The highest BCUT2D eigenvalue weighted by atomic mass is 32.2. The first-order valence-electron chi connectivity index (χ1n) is 15.9. The second-order valence-corrected chi connectivity index (χ2v) is 13.5. The van der Waals surface area contributed by atoms with Crippen LogP contribution in [-0.2, 0) is 5.41 Å². The molecule has 8 aromatic carbocycles. The van der Waals surface area contributed by atoms with Gasteiger partial charge in [-0.3, -0.25) is 0 Å². The van der Waals surface area contributed by atoms with Gasteiger partial charge in [-0.15, -0.1) is 0 Å². The standard InChI is InChI=1S/C45H28S/c1-2-15-32(16-3-1)45(40-22-9-7-19-35(40)38-27-24-29-12-4-5-18-34(29)44(38)45)39-21-8-6-17-33(39)31-25-26-36-37-20-10-13-30-14-11-23-41(43(30)37)46-42(36)28-31/h1-28H. The van der Waals surface area contributed by atoms with E-state index in [-0.39, 0.29) is 0 Å². The number of rotatable bonds is 3. The van der Waals surface area contributed by atoms with Gasteiger partial charge in [0.1, 0.15) is 0 Å². The number of hydrogen-bond acceptors (Lipinski definition) is 1. The van der Waals surface area contributed by atoms with E-state index in [2.05, 4.69) is 170 Å². The van der Waals surface area contributed by atoms with Crippen LogP contribution < -0.4 is 0 Å². The lowest BCUT2D eigenvalue weighted by molar-refractivity contribution is 0.777. The van der Waals surface area contributed by atoms with Gasteiger partial charge in [0, 0.05) is 15.2 Å². The van der Waals surface area contributed by atoms with Crippen LogP contribution in [-0.4, -0.2) is 0 Å². The maximum absolute atomic E-state index is 2.43. The Bertz CT molecular complexity index is 2500. The van der Waals surface area contributed by atoms with Crippen molar-refractivity contribution in [2.75, 3.05) is 0 Å². The molecule has 0 N–H and O–H groups in total. The van der Waals surface area contributed by atoms with Crippen LogP contribution in [0, 0.1) is 0 Å². The van der Waals surface area contributed by atoms with Gasteiger partial charge < -0.3 is 0 Å². The fourth-order valence-electron chi connectivity index (χ4n) is 8.30. The Morgan fingerprint density at radius 2 is 1.04 bits per heavy atom. The largest absolute Gasteiger partial charge is 0.0888 e. The Morgan fingerprint density at radius 1 is 0.391 bits per heavy atom. The average molecular weight is 601 g/mol. The van der Waals surface area contributed by atoms with E-state index in [9.17, 15) is 0 Å². The molecule has 0 bridgehead atoms. The Morgan fingerprint density at radius 3 is 1.91 bits per heavy atom. The van der Waals surface area contributed by atoms with Gasteiger partial charge in [-0.05, 0) is 83.9 Å². The van der Waals surface area contributed by atoms with Crippen molar-refractivity contribution in [2.24, 2.45) is 0 Å². The van der Waals surface area contributed by atoms with Crippen molar-refractivity contribution in [1.29, 1.82) is 0 Å². The molecule has 46 heavy (non-hydrogen) atoms. The lowest BCUT2D eigenvalue weighted by atomic mass is 9.65. The zero-order valence-electron chi connectivity index (χ0n) is 25.1. The summed E-state index contributed by atoms with van der Waals surface area (Å²) in [4.78, 5) is 2.64. The van der Waals surface area contributed by atoms with Crippen molar-refractivity contribution in [2.45, 2.75) is 15.2 Å². The monoisotopic (exact) mass is 600 g/mol. The second kappa shape index (κ2) is 9.81. The molecule has 0 saturated carbocycles. The van der Waals surface area contributed by atoms with E-state index >= 15 is 0 Å². The summed E-state index contributed by atoms with van der Waals surface area (Å²) in [5.41, 5.74) is 12.6. The predicted molar refractivity (Wildman–Crippen MR) is 194 cm³/mol. The van der Waals surface area contributed by atoms with Crippen molar-refractivity contribution in [1.82, 2.24) is 0 Å². The third-order valence-electron chi connectivity index (χ3n) is 10.1. The second-order valence-electron chi connectivity index (χ2n) is 12.4. The molecule has 0 aromatic heterocycles. The molecule has 0 nitrogen and oxygen atoms in total. The zero-order valence-corrected chi connectivity index (χ0v) is 25.9. The summed E-state index contributed by atoms with van der Waals surface area (Å²) in [6.45, 7) is 0. The van der Waals surface area contributed by atoms with Crippen LogP contribution in [0.2, 0.25) is 0 Å². The van der Waals surface area contributed by atoms with Crippen LogP contribution in [0.15, 0.2) is 180 Å². The highest BCUT2D eigenvalue weighted by Crippen LogP contribution is 2.59. The lowest BCUT2D eigenvalue weighted by Crippen LogP contribution is -2.29. The van der Waals surface area contributed by atoms with Crippen LogP contribution in [0.25, 0.3) is 54.9 Å². The molecule has 8 aromatic rings. The van der Waals surface area contributed by atoms with E-state index in [1.807, 2.05) is 11.8 Å². The highest BCUT2D eigenvalue weighted by molar-refractivity contribution is 7.99. The van der Waals surface area contributed by atoms with Gasteiger partial charge in [0.2, 0.25) is 0 Å². The molecule has 0 fully saturated rings.